The molecule has 0 aliphatic heterocycles. The molecule has 0 aromatic heterocycles. The second-order valence-electron chi connectivity index (χ2n) is 3.24. The Hall–Kier alpha value is -0.970. The fraction of sp³-hybridized carbons (Fsp3) is 0.455. The number of methoxy groups -OCH3 is 1. The minimum absolute atomic E-state index is 0.0841. The van der Waals surface area contributed by atoms with Gasteiger partial charge < -0.3 is 20.3 Å². The number of nitrogens with two attached hydrogens (primary N) is 1. The maximum atomic E-state index is 8.66. The van der Waals surface area contributed by atoms with E-state index in [0.717, 1.165) is 5.56 Å². The Balaban J connectivity index is 2.88. The van der Waals surface area contributed by atoms with Gasteiger partial charge in [0, 0.05) is 19.6 Å². The van der Waals surface area contributed by atoms with E-state index in [-0.39, 0.29) is 6.61 Å². The fourth-order valence-corrected chi connectivity index (χ4v) is 1.56. The minimum Gasteiger partial charge on any atom is -0.493 e. The summed E-state index contributed by atoms with van der Waals surface area (Å²) in [7, 11) is 1.55. The van der Waals surface area contributed by atoms with E-state index >= 15 is 0 Å². The second kappa shape index (κ2) is 6.58. The summed E-state index contributed by atoms with van der Waals surface area (Å²) in [6, 6.07) is 3.54. The first kappa shape index (κ1) is 13.1. The van der Waals surface area contributed by atoms with Crippen LogP contribution in [0.15, 0.2) is 12.1 Å². The van der Waals surface area contributed by atoms with Crippen molar-refractivity contribution < 1.29 is 14.6 Å². The number of halogens is 1. The largest absolute Gasteiger partial charge is 0.493 e. The molecule has 1 aromatic carbocycles. The van der Waals surface area contributed by atoms with Crippen molar-refractivity contribution in [2.75, 3.05) is 20.3 Å². The van der Waals surface area contributed by atoms with Gasteiger partial charge in [-0.25, -0.2) is 0 Å². The molecule has 0 fully saturated rings. The van der Waals surface area contributed by atoms with Crippen molar-refractivity contribution in [1.29, 1.82) is 0 Å². The number of hydrogen-bond acceptors (Lipinski definition) is 4. The molecule has 0 radical (unpaired) electrons. The van der Waals surface area contributed by atoms with Crippen molar-refractivity contribution in [3.05, 3.63) is 22.7 Å². The van der Waals surface area contributed by atoms with Gasteiger partial charge in [-0.2, -0.15) is 0 Å². The van der Waals surface area contributed by atoms with Crippen LogP contribution in [0.5, 0.6) is 11.5 Å². The Morgan fingerprint density at radius 3 is 2.75 bits per heavy atom. The number of aliphatic hydroxyl groups excluding tert-OH is 1. The summed E-state index contributed by atoms with van der Waals surface area (Å²) in [5, 5.41) is 9.13. The first-order chi connectivity index (χ1) is 7.72. The molecule has 0 amide bonds. The van der Waals surface area contributed by atoms with Crippen LogP contribution in [0.4, 0.5) is 0 Å². The highest BCUT2D eigenvalue weighted by Crippen LogP contribution is 2.36. The van der Waals surface area contributed by atoms with Gasteiger partial charge in [-0.15, -0.1) is 0 Å². The lowest BCUT2D eigenvalue weighted by molar-refractivity contribution is 0.228. The predicted octanol–water partition coefficient (Wildman–Crippen LogP) is 1.57. The normalized spacial score (nSPS) is 10.2. The monoisotopic (exact) mass is 245 g/mol. The molecule has 3 N–H and O–H groups in total. The van der Waals surface area contributed by atoms with Crippen molar-refractivity contribution in [3.8, 4) is 11.5 Å². The van der Waals surface area contributed by atoms with Crippen molar-refractivity contribution in [2.24, 2.45) is 5.73 Å². The third-order valence-corrected chi connectivity index (χ3v) is 2.35. The van der Waals surface area contributed by atoms with Crippen molar-refractivity contribution in [3.63, 3.8) is 0 Å². The van der Waals surface area contributed by atoms with E-state index in [9.17, 15) is 0 Å². The van der Waals surface area contributed by atoms with Gasteiger partial charge in [0.25, 0.3) is 0 Å². The first-order valence-electron chi connectivity index (χ1n) is 5.03. The van der Waals surface area contributed by atoms with Crippen LogP contribution in [0.1, 0.15) is 12.0 Å². The summed E-state index contributed by atoms with van der Waals surface area (Å²) < 4.78 is 10.6. The molecule has 4 nitrogen and oxygen atoms in total. The van der Waals surface area contributed by atoms with E-state index in [1.54, 1.807) is 19.2 Å². The van der Waals surface area contributed by atoms with E-state index < -0.39 is 0 Å². The predicted molar refractivity (Wildman–Crippen MR) is 63.1 cm³/mol. The van der Waals surface area contributed by atoms with Crippen LogP contribution in [0.25, 0.3) is 0 Å². The van der Waals surface area contributed by atoms with E-state index in [1.165, 1.54) is 0 Å². The molecule has 1 aromatic rings. The second-order valence-corrected chi connectivity index (χ2v) is 3.65. The third kappa shape index (κ3) is 3.27. The zero-order chi connectivity index (χ0) is 12.0. The molecule has 0 heterocycles. The number of benzene rings is 1. The van der Waals surface area contributed by atoms with Gasteiger partial charge in [0.15, 0.2) is 11.5 Å². The van der Waals surface area contributed by atoms with Gasteiger partial charge in [0.2, 0.25) is 0 Å². The van der Waals surface area contributed by atoms with Crippen LogP contribution in [-0.2, 0) is 6.54 Å². The summed E-state index contributed by atoms with van der Waals surface area (Å²) in [4.78, 5) is 0. The molecule has 1 rings (SSSR count). The average molecular weight is 246 g/mol. The van der Waals surface area contributed by atoms with Crippen LogP contribution in [0.2, 0.25) is 5.02 Å². The zero-order valence-corrected chi connectivity index (χ0v) is 9.96. The molecule has 0 unspecified atom stereocenters. The maximum absolute atomic E-state index is 8.66. The molecular weight excluding hydrogens is 230 g/mol. The number of aliphatic hydroxyl groups is 1. The molecule has 16 heavy (non-hydrogen) atoms. The summed E-state index contributed by atoms with van der Waals surface area (Å²) in [6.07, 6.45) is 0.554. The van der Waals surface area contributed by atoms with E-state index in [1.807, 2.05) is 0 Å². The van der Waals surface area contributed by atoms with Gasteiger partial charge in [0.05, 0.1) is 18.7 Å². The molecule has 0 aliphatic carbocycles. The van der Waals surface area contributed by atoms with Gasteiger partial charge in [-0.1, -0.05) is 11.6 Å². The summed E-state index contributed by atoms with van der Waals surface area (Å²) in [6.45, 7) is 0.877. The molecule has 0 spiro atoms. The fourth-order valence-electron chi connectivity index (χ4n) is 1.27. The molecular formula is C11H16ClNO3. The summed E-state index contributed by atoms with van der Waals surface area (Å²) in [5.74, 6) is 1.06. The topological polar surface area (TPSA) is 64.7 Å². The molecule has 0 saturated carbocycles. The van der Waals surface area contributed by atoms with Crippen LogP contribution in [-0.4, -0.2) is 25.4 Å². The zero-order valence-electron chi connectivity index (χ0n) is 9.20. The first-order valence-corrected chi connectivity index (χ1v) is 5.40. The Labute approximate surface area is 99.9 Å². The van der Waals surface area contributed by atoms with Gasteiger partial charge in [0.1, 0.15) is 0 Å². The Kier molecular flexibility index (Phi) is 5.38. The quantitative estimate of drug-likeness (QED) is 0.747. The van der Waals surface area contributed by atoms with E-state index in [0.29, 0.717) is 36.1 Å². The molecule has 0 bridgehead atoms. The number of hydrogen-bond donors (Lipinski definition) is 2. The average Bonchev–Trinajstić information content (AvgIpc) is 2.30. The van der Waals surface area contributed by atoms with Crippen molar-refractivity contribution >= 4 is 11.6 Å². The van der Waals surface area contributed by atoms with Crippen LogP contribution >= 0.6 is 11.6 Å². The lowest BCUT2D eigenvalue weighted by Crippen LogP contribution is -2.03. The molecule has 0 saturated heterocycles. The standard InChI is InChI=1S/C11H16ClNO3/c1-15-10-6-8(7-13)5-9(12)11(10)16-4-2-3-14/h5-6,14H,2-4,7,13H2,1H3. The highest BCUT2D eigenvalue weighted by Gasteiger charge is 2.11. The molecule has 0 aliphatic rings. The van der Waals surface area contributed by atoms with Gasteiger partial charge in [-0.05, 0) is 17.7 Å². The smallest absolute Gasteiger partial charge is 0.179 e. The lowest BCUT2D eigenvalue weighted by Gasteiger charge is -2.13. The Morgan fingerprint density at radius 1 is 1.44 bits per heavy atom. The van der Waals surface area contributed by atoms with Crippen molar-refractivity contribution in [2.45, 2.75) is 13.0 Å². The molecule has 90 valence electrons. The number of rotatable bonds is 6. The summed E-state index contributed by atoms with van der Waals surface area (Å²) in [5.41, 5.74) is 6.41. The van der Waals surface area contributed by atoms with Crippen LogP contribution in [0, 0.1) is 0 Å². The summed E-state index contributed by atoms with van der Waals surface area (Å²) >= 11 is 6.05. The van der Waals surface area contributed by atoms with Gasteiger partial charge >= 0.3 is 0 Å². The highest BCUT2D eigenvalue weighted by atomic mass is 35.5. The third-order valence-electron chi connectivity index (χ3n) is 2.07. The SMILES string of the molecule is COc1cc(CN)cc(Cl)c1OCCCO. The van der Waals surface area contributed by atoms with E-state index in [2.05, 4.69) is 0 Å². The molecule has 0 atom stereocenters. The van der Waals surface area contributed by atoms with Crippen LogP contribution < -0.4 is 15.2 Å². The Morgan fingerprint density at radius 2 is 2.19 bits per heavy atom. The molecule has 5 heteroatoms. The Bertz CT molecular complexity index is 344. The minimum atomic E-state index is 0.0841. The van der Waals surface area contributed by atoms with Gasteiger partial charge in [-0.3, -0.25) is 0 Å². The number of ether oxygens (including phenoxy) is 2. The maximum Gasteiger partial charge on any atom is 0.179 e. The van der Waals surface area contributed by atoms with E-state index in [4.69, 9.17) is 31.9 Å². The van der Waals surface area contributed by atoms with Crippen molar-refractivity contribution in [1.82, 2.24) is 0 Å². The lowest BCUT2D eigenvalue weighted by atomic mass is 10.2. The van der Waals surface area contributed by atoms with Crippen LogP contribution in [0.3, 0.4) is 0 Å². The highest BCUT2D eigenvalue weighted by molar-refractivity contribution is 6.32.